The van der Waals surface area contributed by atoms with Crippen LogP contribution < -0.4 is 14.8 Å². The molecular formula is C19H26ClN3O4S. The third-order valence-electron chi connectivity index (χ3n) is 4.51. The van der Waals surface area contributed by atoms with Gasteiger partial charge in [-0.2, -0.15) is 0 Å². The molecule has 0 aromatic heterocycles. The molecule has 154 valence electrons. The summed E-state index contributed by atoms with van der Waals surface area (Å²) in [5, 5.41) is 0. The Hall–Kier alpha value is -2.29. The van der Waals surface area contributed by atoms with Crippen molar-refractivity contribution < 1.29 is 17.9 Å². The Morgan fingerprint density at radius 3 is 2.21 bits per heavy atom. The van der Waals surface area contributed by atoms with E-state index >= 15 is 0 Å². The van der Waals surface area contributed by atoms with Crippen LogP contribution >= 0.6 is 12.4 Å². The van der Waals surface area contributed by atoms with Crippen molar-refractivity contribution in [3.63, 3.8) is 0 Å². The summed E-state index contributed by atoms with van der Waals surface area (Å²) in [6.07, 6.45) is 0. The van der Waals surface area contributed by atoms with Crippen LogP contribution in [0.1, 0.15) is 17.3 Å². The van der Waals surface area contributed by atoms with E-state index in [-0.39, 0.29) is 29.3 Å². The van der Waals surface area contributed by atoms with Gasteiger partial charge in [0.25, 0.3) is 15.9 Å². The fourth-order valence-electron chi connectivity index (χ4n) is 2.51. The van der Waals surface area contributed by atoms with Crippen molar-refractivity contribution in [2.45, 2.75) is 17.9 Å². The predicted molar refractivity (Wildman–Crippen MR) is 113 cm³/mol. The first-order valence-corrected chi connectivity index (χ1v) is 9.87. The van der Waals surface area contributed by atoms with Crippen LogP contribution in [-0.2, 0) is 10.0 Å². The first-order chi connectivity index (χ1) is 12.7. The molecule has 0 bridgehead atoms. The van der Waals surface area contributed by atoms with Gasteiger partial charge in [0.1, 0.15) is 5.75 Å². The van der Waals surface area contributed by atoms with E-state index in [1.54, 1.807) is 31.3 Å². The Morgan fingerprint density at radius 1 is 1.11 bits per heavy atom. The number of halogens is 1. The number of hydrogen-bond acceptors (Lipinski definition) is 5. The Kier molecular flexibility index (Phi) is 8.29. The predicted octanol–water partition coefficient (Wildman–Crippen LogP) is 2.36. The lowest BCUT2D eigenvalue weighted by Gasteiger charge is -2.24. The number of likely N-dealkylation sites (N-methyl/N-ethyl adjacent to an activating group) is 1. The molecule has 2 aromatic rings. The lowest BCUT2D eigenvalue weighted by atomic mass is 10.2. The smallest absolute Gasteiger partial charge is 0.264 e. The molecule has 0 saturated carbocycles. The number of sulfonamides is 1. The fourth-order valence-corrected chi connectivity index (χ4v) is 3.71. The standard InChI is InChI=1S/C19H25N3O4S.ClH/c1-14(13-20)21(2)19(23)15-9-11-16(12-10-15)27(24,25)22(3)17-7-5-6-8-18(17)26-4;/h5-12,14H,13,20H2,1-4H3;1H. The van der Waals surface area contributed by atoms with Gasteiger partial charge in [0.15, 0.2) is 0 Å². The number of para-hydroxylation sites is 2. The minimum absolute atomic E-state index is 0. The van der Waals surface area contributed by atoms with Crippen molar-refractivity contribution in [2.75, 3.05) is 32.1 Å². The topological polar surface area (TPSA) is 92.9 Å². The maximum atomic E-state index is 12.9. The molecule has 2 rings (SSSR count). The van der Waals surface area contributed by atoms with Gasteiger partial charge in [0, 0.05) is 32.2 Å². The lowest BCUT2D eigenvalue weighted by molar-refractivity contribution is 0.0748. The lowest BCUT2D eigenvalue weighted by Crippen LogP contribution is -2.39. The maximum Gasteiger partial charge on any atom is 0.264 e. The summed E-state index contributed by atoms with van der Waals surface area (Å²) < 4.78 is 32.3. The fraction of sp³-hybridized carbons (Fsp3) is 0.316. The molecule has 9 heteroatoms. The summed E-state index contributed by atoms with van der Waals surface area (Å²) in [6, 6.07) is 12.6. The molecule has 2 N–H and O–H groups in total. The number of benzene rings is 2. The van der Waals surface area contributed by atoms with Crippen LogP contribution in [0.4, 0.5) is 5.69 Å². The normalized spacial score (nSPS) is 11.9. The van der Waals surface area contributed by atoms with Crippen LogP contribution in [0, 0.1) is 0 Å². The van der Waals surface area contributed by atoms with Gasteiger partial charge in [-0.3, -0.25) is 9.10 Å². The molecule has 0 heterocycles. The molecule has 7 nitrogen and oxygen atoms in total. The summed E-state index contributed by atoms with van der Waals surface area (Å²) >= 11 is 0. The molecule has 0 radical (unpaired) electrons. The van der Waals surface area contributed by atoms with Crippen molar-refractivity contribution in [1.29, 1.82) is 0 Å². The Balaban J connectivity index is 0.00000392. The molecule has 28 heavy (non-hydrogen) atoms. The molecule has 0 fully saturated rings. The third-order valence-corrected chi connectivity index (χ3v) is 6.29. The van der Waals surface area contributed by atoms with Crippen LogP contribution in [0.15, 0.2) is 53.4 Å². The second kappa shape index (κ2) is 9.77. The molecule has 0 aliphatic rings. The SMILES string of the molecule is COc1ccccc1N(C)S(=O)(=O)c1ccc(C(=O)N(C)C(C)CN)cc1.Cl. The number of rotatable bonds is 7. The summed E-state index contributed by atoms with van der Waals surface area (Å²) in [4.78, 5) is 14.1. The van der Waals surface area contributed by atoms with Gasteiger partial charge >= 0.3 is 0 Å². The number of nitrogens with zero attached hydrogens (tertiary/aromatic N) is 2. The number of carbonyl (C=O) groups is 1. The summed E-state index contributed by atoms with van der Waals surface area (Å²) in [5.74, 6) is 0.239. The largest absolute Gasteiger partial charge is 0.495 e. The average Bonchev–Trinajstić information content (AvgIpc) is 2.71. The third kappa shape index (κ3) is 4.76. The Morgan fingerprint density at radius 2 is 1.68 bits per heavy atom. The molecule has 1 atom stereocenters. The highest BCUT2D eigenvalue weighted by atomic mass is 35.5. The summed E-state index contributed by atoms with van der Waals surface area (Å²) in [5.41, 5.74) is 6.42. The first-order valence-electron chi connectivity index (χ1n) is 8.43. The van der Waals surface area contributed by atoms with Crippen LogP contribution in [0.3, 0.4) is 0 Å². The van der Waals surface area contributed by atoms with Gasteiger partial charge < -0.3 is 15.4 Å². The summed E-state index contributed by atoms with van der Waals surface area (Å²) in [6.45, 7) is 2.19. The number of anilines is 1. The molecule has 0 aliphatic heterocycles. The van der Waals surface area contributed by atoms with Gasteiger partial charge in [0.05, 0.1) is 17.7 Å². The Labute approximate surface area is 172 Å². The molecule has 0 saturated heterocycles. The molecule has 1 amide bonds. The van der Waals surface area contributed by atoms with E-state index in [1.165, 1.54) is 43.3 Å². The summed E-state index contributed by atoms with van der Waals surface area (Å²) in [7, 11) is 0.813. The average molecular weight is 428 g/mol. The van der Waals surface area contributed by atoms with Crippen LogP contribution in [0.25, 0.3) is 0 Å². The number of hydrogen-bond donors (Lipinski definition) is 1. The Bertz CT molecular complexity index is 904. The highest BCUT2D eigenvalue weighted by Gasteiger charge is 2.24. The van der Waals surface area contributed by atoms with Crippen molar-refractivity contribution in [1.82, 2.24) is 4.90 Å². The van der Waals surface area contributed by atoms with E-state index in [4.69, 9.17) is 10.5 Å². The minimum atomic E-state index is -3.80. The quantitative estimate of drug-likeness (QED) is 0.732. The molecular weight excluding hydrogens is 402 g/mol. The monoisotopic (exact) mass is 427 g/mol. The van der Waals surface area contributed by atoms with Crippen LogP contribution in [0.2, 0.25) is 0 Å². The molecule has 1 unspecified atom stereocenters. The maximum absolute atomic E-state index is 12.9. The number of amides is 1. The molecule has 2 aromatic carbocycles. The highest BCUT2D eigenvalue weighted by molar-refractivity contribution is 7.92. The zero-order chi connectivity index (χ0) is 20.2. The van der Waals surface area contributed by atoms with Crippen molar-refractivity contribution in [2.24, 2.45) is 5.73 Å². The van der Waals surface area contributed by atoms with Crippen molar-refractivity contribution in [3.8, 4) is 5.75 Å². The molecule has 0 aliphatic carbocycles. The van der Waals surface area contributed by atoms with E-state index in [2.05, 4.69) is 0 Å². The van der Waals surface area contributed by atoms with Gasteiger partial charge in [-0.15, -0.1) is 12.4 Å². The van der Waals surface area contributed by atoms with Gasteiger partial charge in [-0.05, 0) is 43.3 Å². The number of nitrogens with two attached hydrogens (primary N) is 1. The zero-order valence-electron chi connectivity index (χ0n) is 16.3. The van der Waals surface area contributed by atoms with Gasteiger partial charge in [-0.25, -0.2) is 8.42 Å². The number of ether oxygens (including phenoxy) is 1. The second-order valence-corrected chi connectivity index (χ2v) is 8.14. The van der Waals surface area contributed by atoms with Gasteiger partial charge in [-0.1, -0.05) is 12.1 Å². The minimum Gasteiger partial charge on any atom is -0.495 e. The van der Waals surface area contributed by atoms with E-state index in [1.807, 2.05) is 6.92 Å². The van der Waals surface area contributed by atoms with Crippen molar-refractivity contribution >= 4 is 34.0 Å². The van der Waals surface area contributed by atoms with E-state index in [0.29, 0.717) is 23.5 Å². The first kappa shape index (κ1) is 23.7. The number of carbonyl (C=O) groups excluding carboxylic acids is 1. The van der Waals surface area contributed by atoms with Crippen LogP contribution in [0.5, 0.6) is 5.75 Å². The van der Waals surface area contributed by atoms with Crippen LogP contribution in [-0.4, -0.2) is 53.0 Å². The van der Waals surface area contributed by atoms with E-state index < -0.39 is 10.0 Å². The number of methoxy groups -OCH3 is 1. The zero-order valence-corrected chi connectivity index (χ0v) is 18.0. The highest BCUT2D eigenvalue weighted by Crippen LogP contribution is 2.30. The van der Waals surface area contributed by atoms with E-state index in [0.717, 1.165) is 4.31 Å². The van der Waals surface area contributed by atoms with E-state index in [9.17, 15) is 13.2 Å². The molecule has 0 spiro atoms. The second-order valence-electron chi connectivity index (χ2n) is 6.17. The van der Waals surface area contributed by atoms with Crippen molar-refractivity contribution in [3.05, 3.63) is 54.1 Å². The van der Waals surface area contributed by atoms with Gasteiger partial charge in [0.2, 0.25) is 0 Å².